The molecule has 1 saturated heterocycles. The van der Waals surface area contributed by atoms with E-state index in [2.05, 4.69) is 33.9 Å². The van der Waals surface area contributed by atoms with E-state index >= 15 is 0 Å². The Morgan fingerprint density at radius 3 is 2.22 bits per heavy atom. The molecule has 0 saturated carbocycles. The molecule has 1 rings (SSSR count). The van der Waals surface area contributed by atoms with Gasteiger partial charge in [0.15, 0.2) is 8.32 Å². The largest absolute Gasteiger partial charge is 0.435 e. The van der Waals surface area contributed by atoms with Gasteiger partial charge in [0.2, 0.25) is 6.29 Å². The molecule has 6 heteroatoms. The number of ether oxygens (including phenoxy) is 2. The number of rotatable bonds is 4. The van der Waals surface area contributed by atoms with Crippen LogP contribution in [0.25, 0.3) is 0 Å². The minimum Gasteiger partial charge on any atom is -0.435 e. The summed E-state index contributed by atoms with van der Waals surface area (Å²) in [6, 6.07) is 0. The quantitative estimate of drug-likeness (QED) is 0.624. The second kappa shape index (κ2) is 7.21. The van der Waals surface area contributed by atoms with Gasteiger partial charge in [0, 0.05) is 6.42 Å². The number of aliphatic hydroxyl groups excluding tert-OH is 1. The second-order valence-electron chi connectivity index (χ2n) is 8.98. The Balaban J connectivity index is 2.60. The molecule has 1 aliphatic heterocycles. The maximum Gasteiger partial charge on any atom is 0.313 e. The topological polar surface area (TPSA) is 65.0 Å². The molecule has 1 N–H and O–H groups in total. The lowest BCUT2D eigenvalue weighted by Crippen LogP contribution is -2.48. The molecule has 5 nitrogen and oxygen atoms in total. The molecule has 0 unspecified atom stereocenters. The van der Waals surface area contributed by atoms with Crippen LogP contribution in [0.5, 0.6) is 0 Å². The number of hydrogen-bond acceptors (Lipinski definition) is 5. The molecule has 0 aliphatic carbocycles. The van der Waals surface area contributed by atoms with Crippen LogP contribution in [0, 0.1) is 5.41 Å². The third-order valence-corrected chi connectivity index (χ3v) is 9.22. The molecule has 3 atom stereocenters. The van der Waals surface area contributed by atoms with Crippen LogP contribution in [0.15, 0.2) is 0 Å². The van der Waals surface area contributed by atoms with Crippen LogP contribution in [0.2, 0.25) is 18.1 Å². The normalized spacial score (nSPS) is 26.9. The van der Waals surface area contributed by atoms with Gasteiger partial charge in [-0.2, -0.15) is 0 Å². The summed E-state index contributed by atoms with van der Waals surface area (Å²) >= 11 is 0. The molecule has 0 bridgehead atoms. The maximum absolute atomic E-state index is 12.0. The zero-order valence-corrected chi connectivity index (χ0v) is 16.9. The van der Waals surface area contributed by atoms with Gasteiger partial charge in [-0.15, -0.1) is 0 Å². The lowest BCUT2D eigenvalue weighted by Gasteiger charge is -2.39. The number of carbonyl (C=O) groups is 1. The fourth-order valence-electron chi connectivity index (χ4n) is 1.89. The first-order valence-corrected chi connectivity index (χ1v) is 11.3. The number of carbonyl (C=O) groups excluding carboxylic acids is 1. The highest BCUT2D eigenvalue weighted by Crippen LogP contribution is 2.37. The summed E-state index contributed by atoms with van der Waals surface area (Å²) in [5, 5.41) is 10.3. The summed E-state index contributed by atoms with van der Waals surface area (Å²) in [6.07, 6.45) is -0.564. The molecule has 0 aromatic rings. The highest BCUT2D eigenvalue weighted by atomic mass is 28.4. The van der Waals surface area contributed by atoms with Crippen LogP contribution in [0.1, 0.15) is 54.4 Å². The van der Waals surface area contributed by atoms with Crippen molar-refractivity contribution in [1.82, 2.24) is 0 Å². The van der Waals surface area contributed by atoms with E-state index in [1.54, 1.807) is 0 Å². The van der Waals surface area contributed by atoms with Crippen molar-refractivity contribution in [2.75, 3.05) is 6.61 Å². The first-order chi connectivity index (χ1) is 10.2. The van der Waals surface area contributed by atoms with E-state index in [0.717, 1.165) is 0 Å². The Morgan fingerprint density at radius 2 is 1.74 bits per heavy atom. The van der Waals surface area contributed by atoms with E-state index in [9.17, 15) is 9.90 Å². The van der Waals surface area contributed by atoms with Crippen molar-refractivity contribution in [1.29, 1.82) is 0 Å². The Labute approximate surface area is 141 Å². The standard InChI is InChI=1S/C17H34O5Si/c1-16(2,3)15(19)22-14-10-9-12(18)13(21-14)11-20-23(7,8)17(4,5)6/h12-14,18H,9-11H2,1-8H3/t12-,13-,14-/m1/s1. The molecule has 0 aromatic heterocycles. The van der Waals surface area contributed by atoms with Gasteiger partial charge in [0.25, 0.3) is 0 Å². The first-order valence-electron chi connectivity index (χ1n) is 8.42. The van der Waals surface area contributed by atoms with Crippen molar-refractivity contribution in [3.63, 3.8) is 0 Å². The van der Waals surface area contributed by atoms with Crippen molar-refractivity contribution in [2.45, 2.75) is 91.0 Å². The van der Waals surface area contributed by atoms with E-state index in [0.29, 0.717) is 19.4 Å². The van der Waals surface area contributed by atoms with Crippen LogP contribution in [-0.4, -0.2) is 44.5 Å². The summed E-state index contributed by atoms with van der Waals surface area (Å²) in [5.74, 6) is -0.289. The van der Waals surface area contributed by atoms with E-state index in [-0.39, 0.29) is 11.0 Å². The van der Waals surface area contributed by atoms with Gasteiger partial charge in [-0.1, -0.05) is 20.8 Å². The fourth-order valence-corrected chi connectivity index (χ4v) is 2.90. The zero-order valence-electron chi connectivity index (χ0n) is 15.9. The van der Waals surface area contributed by atoms with Gasteiger partial charge in [0.1, 0.15) is 6.10 Å². The maximum atomic E-state index is 12.0. The van der Waals surface area contributed by atoms with Gasteiger partial charge >= 0.3 is 5.97 Å². The second-order valence-corrected chi connectivity index (χ2v) is 13.8. The molecule has 136 valence electrons. The van der Waals surface area contributed by atoms with Gasteiger partial charge in [0.05, 0.1) is 18.1 Å². The third kappa shape index (κ3) is 5.85. The molecule has 1 heterocycles. The monoisotopic (exact) mass is 346 g/mol. The Hall–Kier alpha value is -0.433. The van der Waals surface area contributed by atoms with Crippen LogP contribution >= 0.6 is 0 Å². The zero-order chi connectivity index (χ0) is 18.1. The van der Waals surface area contributed by atoms with Crippen molar-refractivity contribution in [2.24, 2.45) is 5.41 Å². The van der Waals surface area contributed by atoms with E-state index < -0.39 is 32.2 Å². The minimum absolute atomic E-state index is 0.102. The van der Waals surface area contributed by atoms with Crippen LogP contribution in [-0.2, 0) is 18.7 Å². The Bertz CT molecular complexity index is 408. The van der Waals surface area contributed by atoms with Gasteiger partial charge < -0.3 is 19.0 Å². The lowest BCUT2D eigenvalue weighted by atomic mass is 9.97. The average Bonchev–Trinajstić information content (AvgIpc) is 2.37. The molecular formula is C17H34O5Si. The van der Waals surface area contributed by atoms with Gasteiger partial charge in [-0.25, -0.2) is 0 Å². The summed E-state index contributed by atoms with van der Waals surface area (Å²) in [7, 11) is -1.90. The predicted molar refractivity (Wildman–Crippen MR) is 92.6 cm³/mol. The van der Waals surface area contributed by atoms with Gasteiger partial charge in [-0.05, 0) is 45.3 Å². The van der Waals surface area contributed by atoms with E-state index in [1.807, 2.05) is 20.8 Å². The highest BCUT2D eigenvalue weighted by molar-refractivity contribution is 6.74. The molecule has 0 amide bonds. The Morgan fingerprint density at radius 1 is 1.17 bits per heavy atom. The summed E-state index contributed by atoms with van der Waals surface area (Å²) in [5.41, 5.74) is -0.563. The van der Waals surface area contributed by atoms with Crippen molar-refractivity contribution < 1.29 is 23.8 Å². The molecule has 1 aliphatic rings. The molecule has 0 spiro atoms. The van der Waals surface area contributed by atoms with Crippen LogP contribution in [0.4, 0.5) is 0 Å². The Kier molecular flexibility index (Phi) is 6.46. The summed E-state index contributed by atoms with van der Waals surface area (Å²) < 4.78 is 17.3. The number of aliphatic hydroxyl groups is 1. The molecule has 1 fully saturated rings. The molecule has 0 radical (unpaired) electrons. The summed E-state index contributed by atoms with van der Waals surface area (Å²) in [4.78, 5) is 12.0. The van der Waals surface area contributed by atoms with Crippen molar-refractivity contribution in [3.05, 3.63) is 0 Å². The minimum atomic E-state index is -1.90. The average molecular weight is 347 g/mol. The predicted octanol–water partition coefficient (Wildman–Crippen LogP) is 3.46. The SMILES string of the molecule is CC(C)(C)C(=O)O[C@@H]1CC[C@@H](O)[C@@H](CO[Si](C)(C)C(C)(C)C)O1. The van der Waals surface area contributed by atoms with E-state index in [1.165, 1.54) is 0 Å². The van der Waals surface area contributed by atoms with Gasteiger partial charge in [-0.3, -0.25) is 4.79 Å². The first kappa shape index (κ1) is 20.6. The lowest BCUT2D eigenvalue weighted by molar-refractivity contribution is -0.231. The highest BCUT2D eigenvalue weighted by Gasteiger charge is 2.40. The number of hydrogen-bond donors (Lipinski definition) is 1. The van der Waals surface area contributed by atoms with Crippen LogP contribution < -0.4 is 0 Å². The van der Waals surface area contributed by atoms with E-state index in [4.69, 9.17) is 13.9 Å². The molecular weight excluding hydrogens is 312 g/mol. The van der Waals surface area contributed by atoms with Crippen molar-refractivity contribution in [3.8, 4) is 0 Å². The van der Waals surface area contributed by atoms with Crippen molar-refractivity contribution >= 4 is 14.3 Å². The summed E-state index contributed by atoms with van der Waals surface area (Å²) in [6.45, 7) is 16.6. The number of esters is 1. The molecule has 23 heavy (non-hydrogen) atoms. The smallest absolute Gasteiger partial charge is 0.313 e. The molecule has 0 aromatic carbocycles. The van der Waals surface area contributed by atoms with Crippen LogP contribution in [0.3, 0.4) is 0 Å². The fraction of sp³-hybridized carbons (Fsp3) is 0.941. The third-order valence-electron chi connectivity index (χ3n) is 4.72.